The summed E-state index contributed by atoms with van der Waals surface area (Å²) in [4.78, 5) is 11.2. The first-order valence-electron chi connectivity index (χ1n) is 5.82. The number of carbonyl (C=O) groups excluding carboxylic acids is 1. The topological polar surface area (TPSA) is 92.7 Å². The molecule has 0 bridgehead atoms. The molecule has 2 N–H and O–H groups in total. The van der Waals surface area contributed by atoms with Crippen LogP contribution in [0.5, 0.6) is 5.75 Å². The van der Waals surface area contributed by atoms with E-state index in [0.717, 1.165) is 6.07 Å². The number of phenolic OH excluding ortho intramolecular Hbond substituents is 1. The molecule has 0 aliphatic rings. The van der Waals surface area contributed by atoms with Crippen molar-refractivity contribution in [2.45, 2.75) is 31.2 Å². The van der Waals surface area contributed by atoms with Gasteiger partial charge in [0.2, 0.25) is 10.0 Å². The number of sulfonamides is 1. The van der Waals surface area contributed by atoms with Gasteiger partial charge in [0.15, 0.2) is 0 Å². The minimum absolute atomic E-state index is 0.0497. The highest BCUT2D eigenvalue weighted by Crippen LogP contribution is 2.16. The Morgan fingerprint density at radius 1 is 1.47 bits per heavy atom. The zero-order valence-electron chi connectivity index (χ0n) is 10.8. The van der Waals surface area contributed by atoms with Crippen LogP contribution in [0.15, 0.2) is 29.2 Å². The van der Waals surface area contributed by atoms with Crippen LogP contribution in [0.2, 0.25) is 0 Å². The van der Waals surface area contributed by atoms with Crippen molar-refractivity contribution in [2.75, 3.05) is 6.61 Å². The first-order chi connectivity index (χ1) is 8.85. The van der Waals surface area contributed by atoms with Crippen molar-refractivity contribution in [3.05, 3.63) is 24.3 Å². The molecular formula is C12H17NO5S. The van der Waals surface area contributed by atoms with E-state index in [0.29, 0.717) is 0 Å². The van der Waals surface area contributed by atoms with Gasteiger partial charge in [-0.2, -0.15) is 0 Å². The van der Waals surface area contributed by atoms with Crippen molar-refractivity contribution < 1.29 is 23.1 Å². The zero-order chi connectivity index (χ0) is 14.5. The van der Waals surface area contributed by atoms with Crippen LogP contribution in [0, 0.1) is 0 Å². The molecule has 0 amide bonds. The van der Waals surface area contributed by atoms with Crippen molar-refractivity contribution in [3.8, 4) is 5.75 Å². The molecule has 0 saturated carbocycles. The second-order valence-electron chi connectivity index (χ2n) is 4.03. The van der Waals surface area contributed by atoms with Gasteiger partial charge in [-0.25, -0.2) is 13.1 Å². The lowest BCUT2D eigenvalue weighted by atomic mass is 10.3. The van der Waals surface area contributed by atoms with E-state index in [1.54, 1.807) is 13.8 Å². The number of carbonyl (C=O) groups is 1. The van der Waals surface area contributed by atoms with Gasteiger partial charge in [-0.05, 0) is 32.0 Å². The van der Waals surface area contributed by atoms with E-state index in [1.807, 2.05) is 0 Å². The van der Waals surface area contributed by atoms with Gasteiger partial charge in [0.05, 0.1) is 17.9 Å². The molecule has 0 aromatic heterocycles. The standard InChI is InChI=1S/C12H17NO5S/c1-3-18-12(15)7-9(2)13-19(16,17)11-6-4-5-10(14)8-11/h4-6,8-9,13-14H,3,7H2,1-2H3. The smallest absolute Gasteiger partial charge is 0.307 e. The van der Waals surface area contributed by atoms with Gasteiger partial charge in [-0.1, -0.05) is 6.07 Å². The van der Waals surface area contributed by atoms with Crippen LogP contribution in [0.4, 0.5) is 0 Å². The molecule has 0 aliphatic carbocycles. The summed E-state index contributed by atoms with van der Waals surface area (Å²) in [6.07, 6.45) is -0.0497. The molecule has 1 atom stereocenters. The maximum Gasteiger partial charge on any atom is 0.307 e. The Bertz CT molecular complexity index is 541. The van der Waals surface area contributed by atoms with E-state index in [-0.39, 0.29) is 23.7 Å². The van der Waals surface area contributed by atoms with E-state index in [1.165, 1.54) is 18.2 Å². The summed E-state index contributed by atoms with van der Waals surface area (Å²) in [7, 11) is -3.76. The number of ether oxygens (including phenoxy) is 1. The number of rotatable bonds is 6. The molecule has 1 aromatic carbocycles. The maximum atomic E-state index is 12.0. The number of hydrogen-bond donors (Lipinski definition) is 2. The summed E-state index contributed by atoms with van der Waals surface area (Å²) < 4.78 is 31.0. The fourth-order valence-corrected chi connectivity index (χ4v) is 2.78. The highest BCUT2D eigenvalue weighted by Gasteiger charge is 2.19. The Kier molecular flexibility index (Phi) is 5.31. The van der Waals surface area contributed by atoms with Gasteiger partial charge < -0.3 is 9.84 Å². The molecule has 106 valence electrons. The quantitative estimate of drug-likeness (QED) is 0.762. The van der Waals surface area contributed by atoms with Gasteiger partial charge in [-0.3, -0.25) is 4.79 Å². The lowest BCUT2D eigenvalue weighted by molar-refractivity contribution is -0.143. The fraction of sp³-hybridized carbons (Fsp3) is 0.417. The monoisotopic (exact) mass is 287 g/mol. The molecule has 7 heteroatoms. The third-order valence-electron chi connectivity index (χ3n) is 2.26. The molecule has 6 nitrogen and oxygen atoms in total. The number of aromatic hydroxyl groups is 1. The Morgan fingerprint density at radius 3 is 2.74 bits per heavy atom. The molecule has 0 heterocycles. The maximum absolute atomic E-state index is 12.0. The number of nitrogens with one attached hydrogen (secondary N) is 1. The predicted molar refractivity (Wildman–Crippen MR) is 69.1 cm³/mol. The summed E-state index contributed by atoms with van der Waals surface area (Å²) in [6, 6.07) is 4.71. The van der Waals surface area contributed by atoms with Crippen molar-refractivity contribution in [2.24, 2.45) is 0 Å². The van der Waals surface area contributed by atoms with Crippen molar-refractivity contribution >= 4 is 16.0 Å². The van der Waals surface area contributed by atoms with Crippen molar-refractivity contribution in [1.29, 1.82) is 0 Å². The molecule has 0 aliphatic heterocycles. The van der Waals surface area contributed by atoms with Gasteiger partial charge in [0, 0.05) is 6.04 Å². The number of phenols is 1. The second kappa shape index (κ2) is 6.53. The van der Waals surface area contributed by atoms with Crippen LogP contribution in [0.1, 0.15) is 20.3 Å². The van der Waals surface area contributed by atoms with Gasteiger partial charge in [0.25, 0.3) is 0 Å². The van der Waals surface area contributed by atoms with Crippen molar-refractivity contribution in [1.82, 2.24) is 4.72 Å². The fourth-order valence-electron chi connectivity index (χ4n) is 1.50. The Balaban J connectivity index is 2.72. The van der Waals surface area contributed by atoms with E-state index >= 15 is 0 Å². The molecule has 19 heavy (non-hydrogen) atoms. The molecule has 0 spiro atoms. The lowest BCUT2D eigenvalue weighted by Gasteiger charge is -2.13. The summed E-state index contributed by atoms with van der Waals surface area (Å²) in [6.45, 7) is 3.50. The molecule has 0 radical (unpaired) electrons. The van der Waals surface area contributed by atoms with E-state index < -0.39 is 22.0 Å². The normalized spacial score (nSPS) is 12.9. The highest BCUT2D eigenvalue weighted by atomic mass is 32.2. The van der Waals surface area contributed by atoms with Crippen LogP contribution < -0.4 is 4.72 Å². The second-order valence-corrected chi connectivity index (χ2v) is 5.74. The van der Waals surface area contributed by atoms with Gasteiger partial charge in [-0.15, -0.1) is 0 Å². The largest absolute Gasteiger partial charge is 0.508 e. The van der Waals surface area contributed by atoms with Crippen LogP contribution in [-0.2, 0) is 19.6 Å². The predicted octanol–water partition coefficient (Wildman–Crippen LogP) is 1.01. The van der Waals surface area contributed by atoms with E-state index in [4.69, 9.17) is 4.74 Å². The molecular weight excluding hydrogens is 270 g/mol. The van der Waals surface area contributed by atoms with Crippen LogP contribution >= 0.6 is 0 Å². The summed E-state index contributed by atoms with van der Waals surface area (Å²) in [5.41, 5.74) is 0. The third kappa shape index (κ3) is 4.88. The first-order valence-corrected chi connectivity index (χ1v) is 7.30. The van der Waals surface area contributed by atoms with Crippen LogP contribution in [-0.4, -0.2) is 32.1 Å². The van der Waals surface area contributed by atoms with Crippen LogP contribution in [0.3, 0.4) is 0 Å². The number of hydrogen-bond acceptors (Lipinski definition) is 5. The summed E-state index contributed by atoms with van der Waals surface area (Å²) >= 11 is 0. The van der Waals surface area contributed by atoms with Gasteiger partial charge in [0.1, 0.15) is 5.75 Å². The van der Waals surface area contributed by atoms with E-state index in [2.05, 4.69) is 4.72 Å². The van der Waals surface area contributed by atoms with Crippen LogP contribution in [0.25, 0.3) is 0 Å². The molecule has 1 aromatic rings. The first kappa shape index (κ1) is 15.5. The average Bonchev–Trinajstić information content (AvgIpc) is 2.28. The molecule has 0 saturated heterocycles. The zero-order valence-corrected chi connectivity index (χ0v) is 11.6. The highest BCUT2D eigenvalue weighted by molar-refractivity contribution is 7.89. The third-order valence-corrected chi connectivity index (χ3v) is 3.85. The van der Waals surface area contributed by atoms with E-state index in [9.17, 15) is 18.3 Å². The minimum atomic E-state index is -3.76. The Hall–Kier alpha value is -1.60. The summed E-state index contributed by atoms with van der Waals surface area (Å²) in [5.74, 6) is -0.602. The number of benzene rings is 1. The molecule has 1 rings (SSSR count). The van der Waals surface area contributed by atoms with Crippen molar-refractivity contribution in [3.63, 3.8) is 0 Å². The Labute approximate surface area is 112 Å². The SMILES string of the molecule is CCOC(=O)CC(C)NS(=O)(=O)c1cccc(O)c1. The number of esters is 1. The molecule has 1 unspecified atom stereocenters. The Morgan fingerprint density at radius 2 is 2.16 bits per heavy atom. The summed E-state index contributed by atoms with van der Waals surface area (Å²) in [5, 5.41) is 9.26. The van der Waals surface area contributed by atoms with Gasteiger partial charge >= 0.3 is 5.97 Å². The molecule has 0 fully saturated rings. The minimum Gasteiger partial charge on any atom is -0.508 e. The average molecular weight is 287 g/mol. The lowest BCUT2D eigenvalue weighted by Crippen LogP contribution is -2.34.